The van der Waals surface area contributed by atoms with Crippen LogP contribution in [0, 0.1) is 11.7 Å². The van der Waals surface area contributed by atoms with Gasteiger partial charge in [0.1, 0.15) is 5.82 Å². The fraction of sp³-hybridized carbons (Fsp3) is 0.400. The van der Waals surface area contributed by atoms with Gasteiger partial charge in [-0.3, -0.25) is 4.79 Å². The standard InChI is InChI=1S/C15H18FNO2/c1-17(10-12-8-14(18)9-12)15(19)6-5-11-3-2-4-13(16)7-11/h2-7,12,14,18H,8-10H2,1H3. The summed E-state index contributed by atoms with van der Waals surface area (Å²) >= 11 is 0. The highest BCUT2D eigenvalue weighted by Crippen LogP contribution is 2.27. The Morgan fingerprint density at radius 1 is 1.53 bits per heavy atom. The number of hydrogen-bond donors (Lipinski definition) is 1. The molecule has 0 unspecified atom stereocenters. The fourth-order valence-electron chi connectivity index (χ4n) is 2.23. The van der Waals surface area contributed by atoms with Gasteiger partial charge in [-0.1, -0.05) is 12.1 Å². The number of carbonyl (C=O) groups is 1. The van der Waals surface area contributed by atoms with E-state index >= 15 is 0 Å². The molecule has 1 aromatic carbocycles. The average molecular weight is 263 g/mol. The van der Waals surface area contributed by atoms with Gasteiger partial charge in [0.2, 0.25) is 5.91 Å². The highest BCUT2D eigenvalue weighted by Gasteiger charge is 2.28. The van der Waals surface area contributed by atoms with Crippen molar-refractivity contribution in [2.75, 3.05) is 13.6 Å². The molecular weight excluding hydrogens is 245 g/mol. The van der Waals surface area contributed by atoms with E-state index in [1.165, 1.54) is 18.2 Å². The maximum absolute atomic E-state index is 13.0. The maximum Gasteiger partial charge on any atom is 0.246 e. The van der Waals surface area contributed by atoms with Crippen molar-refractivity contribution in [3.8, 4) is 0 Å². The van der Waals surface area contributed by atoms with Gasteiger partial charge >= 0.3 is 0 Å². The van der Waals surface area contributed by atoms with Gasteiger partial charge in [0.05, 0.1) is 6.10 Å². The summed E-state index contributed by atoms with van der Waals surface area (Å²) < 4.78 is 13.0. The number of likely N-dealkylation sites (N-methyl/N-ethyl adjacent to an activating group) is 1. The molecule has 1 saturated carbocycles. The first-order valence-corrected chi connectivity index (χ1v) is 6.41. The van der Waals surface area contributed by atoms with E-state index in [0.29, 0.717) is 18.0 Å². The highest BCUT2D eigenvalue weighted by molar-refractivity contribution is 5.91. The molecule has 0 aliphatic heterocycles. The molecule has 0 bridgehead atoms. The van der Waals surface area contributed by atoms with Crippen molar-refractivity contribution in [2.45, 2.75) is 18.9 Å². The van der Waals surface area contributed by atoms with Crippen LogP contribution in [0.1, 0.15) is 18.4 Å². The molecule has 0 heterocycles. The Balaban J connectivity index is 1.86. The number of carbonyl (C=O) groups excluding carboxylic acids is 1. The van der Waals surface area contributed by atoms with Crippen LogP contribution >= 0.6 is 0 Å². The van der Waals surface area contributed by atoms with E-state index < -0.39 is 0 Å². The van der Waals surface area contributed by atoms with Crippen LogP contribution in [0.15, 0.2) is 30.3 Å². The Morgan fingerprint density at radius 3 is 2.89 bits per heavy atom. The zero-order valence-corrected chi connectivity index (χ0v) is 10.9. The molecule has 0 radical (unpaired) electrons. The Labute approximate surface area is 112 Å². The first-order valence-electron chi connectivity index (χ1n) is 6.41. The molecule has 4 heteroatoms. The maximum atomic E-state index is 13.0. The topological polar surface area (TPSA) is 40.5 Å². The van der Waals surface area contributed by atoms with Gasteiger partial charge in [0, 0.05) is 19.7 Å². The predicted octanol–water partition coefficient (Wildman–Crippen LogP) is 2.07. The van der Waals surface area contributed by atoms with Crippen LogP contribution in [0.5, 0.6) is 0 Å². The first-order chi connectivity index (χ1) is 9.04. The normalized spacial score (nSPS) is 22.3. The van der Waals surface area contributed by atoms with E-state index in [1.54, 1.807) is 30.2 Å². The third kappa shape index (κ3) is 3.89. The second-order valence-electron chi connectivity index (χ2n) is 5.10. The molecule has 0 saturated heterocycles. The molecule has 0 spiro atoms. The number of rotatable bonds is 4. The zero-order valence-electron chi connectivity index (χ0n) is 10.9. The number of aliphatic hydroxyl groups excluding tert-OH is 1. The molecule has 1 aromatic rings. The van der Waals surface area contributed by atoms with Crippen molar-refractivity contribution in [3.63, 3.8) is 0 Å². The van der Waals surface area contributed by atoms with E-state index in [2.05, 4.69) is 0 Å². The van der Waals surface area contributed by atoms with Crippen LogP contribution in [0.25, 0.3) is 6.08 Å². The number of halogens is 1. The van der Waals surface area contributed by atoms with E-state index in [1.807, 2.05) is 0 Å². The van der Waals surface area contributed by atoms with E-state index in [-0.39, 0.29) is 17.8 Å². The van der Waals surface area contributed by atoms with Gasteiger partial charge in [0.15, 0.2) is 0 Å². The van der Waals surface area contributed by atoms with Gasteiger partial charge in [-0.2, -0.15) is 0 Å². The summed E-state index contributed by atoms with van der Waals surface area (Å²) in [4.78, 5) is 13.5. The lowest BCUT2D eigenvalue weighted by atomic mass is 9.82. The molecule has 1 aliphatic rings. The summed E-state index contributed by atoms with van der Waals surface area (Å²) in [6, 6.07) is 6.10. The molecular formula is C15H18FNO2. The monoisotopic (exact) mass is 263 g/mol. The summed E-state index contributed by atoms with van der Waals surface area (Å²) in [5.74, 6) is -0.0245. The molecule has 1 amide bonds. The van der Waals surface area contributed by atoms with Crippen molar-refractivity contribution < 1.29 is 14.3 Å². The summed E-state index contributed by atoms with van der Waals surface area (Å²) in [6.45, 7) is 0.656. The quantitative estimate of drug-likeness (QED) is 0.845. The van der Waals surface area contributed by atoms with Crippen molar-refractivity contribution in [1.29, 1.82) is 0 Å². The third-order valence-corrected chi connectivity index (χ3v) is 3.39. The van der Waals surface area contributed by atoms with Crippen molar-refractivity contribution in [3.05, 3.63) is 41.7 Å². The first kappa shape index (κ1) is 13.7. The molecule has 1 aliphatic carbocycles. The smallest absolute Gasteiger partial charge is 0.246 e. The number of amides is 1. The van der Waals surface area contributed by atoms with Crippen LogP contribution in [-0.2, 0) is 4.79 Å². The fourth-order valence-corrected chi connectivity index (χ4v) is 2.23. The zero-order chi connectivity index (χ0) is 13.8. The van der Waals surface area contributed by atoms with Crippen LogP contribution in [0.2, 0.25) is 0 Å². The lowest BCUT2D eigenvalue weighted by Gasteiger charge is -2.34. The number of nitrogens with zero attached hydrogens (tertiary/aromatic N) is 1. The lowest BCUT2D eigenvalue weighted by molar-refractivity contribution is -0.126. The predicted molar refractivity (Wildman–Crippen MR) is 71.8 cm³/mol. The molecule has 1 fully saturated rings. The summed E-state index contributed by atoms with van der Waals surface area (Å²) in [6.07, 6.45) is 4.40. The molecule has 19 heavy (non-hydrogen) atoms. The lowest BCUT2D eigenvalue weighted by Crippen LogP contribution is -2.38. The SMILES string of the molecule is CN(CC1CC(O)C1)C(=O)C=Cc1cccc(F)c1. The molecule has 1 N–H and O–H groups in total. The minimum Gasteiger partial charge on any atom is -0.393 e. The van der Waals surface area contributed by atoms with Crippen molar-refractivity contribution in [1.82, 2.24) is 4.90 Å². The van der Waals surface area contributed by atoms with E-state index in [4.69, 9.17) is 0 Å². The van der Waals surface area contributed by atoms with Gasteiger partial charge < -0.3 is 10.0 Å². The highest BCUT2D eigenvalue weighted by atomic mass is 19.1. The van der Waals surface area contributed by atoms with Crippen LogP contribution < -0.4 is 0 Å². The second kappa shape index (κ2) is 5.97. The summed E-state index contributed by atoms with van der Waals surface area (Å²) in [7, 11) is 1.74. The Kier molecular flexibility index (Phi) is 4.32. The largest absolute Gasteiger partial charge is 0.393 e. The second-order valence-corrected chi connectivity index (χ2v) is 5.10. The van der Waals surface area contributed by atoms with E-state index in [0.717, 1.165) is 12.8 Å². The molecule has 0 aromatic heterocycles. The Bertz CT molecular complexity index is 481. The number of hydrogen-bond acceptors (Lipinski definition) is 2. The summed E-state index contributed by atoms with van der Waals surface area (Å²) in [5, 5.41) is 9.19. The van der Waals surface area contributed by atoms with Gasteiger partial charge in [-0.25, -0.2) is 4.39 Å². The molecule has 0 atom stereocenters. The minimum atomic E-state index is -0.314. The number of benzene rings is 1. The average Bonchev–Trinajstić information content (AvgIpc) is 2.34. The Hall–Kier alpha value is -1.68. The van der Waals surface area contributed by atoms with Crippen LogP contribution in [0.4, 0.5) is 4.39 Å². The van der Waals surface area contributed by atoms with E-state index in [9.17, 15) is 14.3 Å². The van der Waals surface area contributed by atoms with Gasteiger partial charge in [-0.05, 0) is 42.5 Å². The van der Waals surface area contributed by atoms with Crippen molar-refractivity contribution >= 4 is 12.0 Å². The molecule has 102 valence electrons. The van der Waals surface area contributed by atoms with Gasteiger partial charge in [0.25, 0.3) is 0 Å². The third-order valence-electron chi connectivity index (χ3n) is 3.39. The minimum absolute atomic E-state index is 0.106. The van der Waals surface area contributed by atoms with Gasteiger partial charge in [-0.15, -0.1) is 0 Å². The van der Waals surface area contributed by atoms with Crippen LogP contribution in [-0.4, -0.2) is 35.6 Å². The number of aliphatic hydroxyl groups is 1. The summed E-state index contributed by atoms with van der Waals surface area (Å²) in [5.41, 5.74) is 0.667. The Morgan fingerprint density at radius 2 is 2.26 bits per heavy atom. The molecule has 2 rings (SSSR count). The van der Waals surface area contributed by atoms with Crippen molar-refractivity contribution in [2.24, 2.45) is 5.92 Å². The van der Waals surface area contributed by atoms with Crippen LogP contribution in [0.3, 0.4) is 0 Å². The molecule has 3 nitrogen and oxygen atoms in total.